The van der Waals surface area contributed by atoms with E-state index in [1.54, 1.807) is 0 Å². The number of nitrogens with zero attached hydrogens (tertiary/aromatic N) is 1. The highest BCUT2D eigenvalue weighted by atomic mass is 79.9. The number of benzene rings is 1. The van der Waals surface area contributed by atoms with E-state index in [0.29, 0.717) is 17.5 Å². The maximum absolute atomic E-state index is 3.63. The van der Waals surface area contributed by atoms with Gasteiger partial charge in [-0.2, -0.15) is 0 Å². The molecule has 0 amide bonds. The lowest BCUT2D eigenvalue weighted by atomic mass is 9.75. The van der Waals surface area contributed by atoms with Crippen LogP contribution in [0, 0.1) is 5.41 Å². The van der Waals surface area contributed by atoms with Crippen molar-refractivity contribution in [3.63, 3.8) is 0 Å². The fourth-order valence-electron chi connectivity index (χ4n) is 2.68. The summed E-state index contributed by atoms with van der Waals surface area (Å²) < 4.78 is 0. The zero-order valence-corrected chi connectivity index (χ0v) is 12.6. The fraction of sp³-hybridized carbons (Fsp3) is 0.600. The molecule has 0 unspecified atom stereocenters. The molecular formula is C15H22BrN. The molecule has 0 radical (unpaired) electrons. The SMILES string of the molecule is CC(C)(C)[C@H]1C[C@@H](CBr)N1Cc1ccccc1. The number of likely N-dealkylation sites (tertiary alicyclic amines) is 1. The Balaban J connectivity index is 2.06. The average Bonchev–Trinajstić information content (AvgIpc) is 2.25. The number of rotatable bonds is 3. The van der Waals surface area contributed by atoms with Crippen LogP contribution < -0.4 is 0 Å². The zero-order chi connectivity index (χ0) is 12.5. The Hall–Kier alpha value is -0.340. The van der Waals surface area contributed by atoms with Crippen molar-refractivity contribution in [1.29, 1.82) is 0 Å². The van der Waals surface area contributed by atoms with Gasteiger partial charge >= 0.3 is 0 Å². The zero-order valence-electron chi connectivity index (χ0n) is 11.0. The van der Waals surface area contributed by atoms with Crippen LogP contribution in [0.3, 0.4) is 0 Å². The van der Waals surface area contributed by atoms with Crippen molar-refractivity contribution in [2.45, 2.75) is 45.8 Å². The molecule has 0 aliphatic carbocycles. The minimum Gasteiger partial charge on any atom is -0.292 e. The van der Waals surface area contributed by atoms with Crippen LogP contribution in [0.5, 0.6) is 0 Å². The lowest BCUT2D eigenvalue weighted by Crippen LogP contribution is -2.61. The van der Waals surface area contributed by atoms with Crippen LogP contribution in [0.15, 0.2) is 30.3 Å². The maximum atomic E-state index is 3.63. The van der Waals surface area contributed by atoms with Crippen LogP contribution in [0.1, 0.15) is 32.8 Å². The van der Waals surface area contributed by atoms with E-state index in [1.165, 1.54) is 12.0 Å². The Bertz CT molecular complexity index is 355. The van der Waals surface area contributed by atoms with Gasteiger partial charge in [-0.1, -0.05) is 67.0 Å². The number of halogens is 1. The van der Waals surface area contributed by atoms with Crippen molar-refractivity contribution < 1.29 is 0 Å². The maximum Gasteiger partial charge on any atom is 0.0240 e. The highest BCUT2D eigenvalue weighted by molar-refractivity contribution is 9.09. The lowest BCUT2D eigenvalue weighted by molar-refractivity contribution is -0.0415. The molecule has 0 bridgehead atoms. The van der Waals surface area contributed by atoms with Crippen molar-refractivity contribution in [2.75, 3.05) is 5.33 Å². The molecular weight excluding hydrogens is 274 g/mol. The Morgan fingerprint density at radius 2 is 1.88 bits per heavy atom. The summed E-state index contributed by atoms with van der Waals surface area (Å²) in [6.45, 7) is 8.12. The van der Waals surface area contributed by atoms with Crippen LogP contribution in [0.2, 0.25) is 0 Å². The largest absolute Gasteiger partial charge is 0.292 e. The molecule has 17 heavy (non-hydrogen) atoms. The molecule has 2 heteroatoms. The van der Waals surface area contributed by atoms with Crippen molar-refractivity contribution in [2.24, 2.45) is 5.41 Å². The summed E-state index contributed by atoms with van der Waals surface area (Å²) in [6.07, 6.45) is 1.32. The van der Waals surface area contributed by atoms with E-state index in [4.69, 9.17) is 0 Å². The molecule has 0 N–H and O–H groups in total. The van der Waals surface area contributed by atoms with Crippen molar-refractivity contribution in [1.82, 2.24) is 4.90 Å². The van der Waals surface area contributed by atoms with Gasteiger partial charge in [0.1, 0.15) is 0 Å². The van der Waals surface area contributed by atoms with Crippen molar-refractivity contribution in [3.8, 4) is 0 Å². The Morgan fingerprint density at radius 3 is 2.41 bits per heavy atom. The second-order valence-corrected chi connectivity index (χ2v) is 6.73. The minimum atomic E-state index is 0.382. The third-order valence-corrected chi connectivity index (χ3v) is 4.50. The third kappa shape index (κ3) is 2.92. The van der Waals surface area contributed by atoms with Gasteiger partial charge in [0.25, 0.3) is 0 Å². The summed E-state index contributed by atoms with van der Waals surface area (Å²) in [4.78, 5) is 2.64. The van der Waals surface area contributed by atoms with Crippen molar-refractivity contribution >= 4 is 15.9 Å². The predicted molar refractivity (Wildman–Crippen MR) is 77.4 cm³/mol. The third-order valence-electron chi connectivity index (χ3n) is 3.75. The lowest BCUT2D eigenvalue weighted by Gasteiger charge is -2.54. The van der Waals surface area contributed by atoms with Gasteiger partial charge in [0, 0.05) is 24.0 Å². The van der Waals surface area contributed by atoms with E-state index in [9.17, 15) is 0 Å². The first-order chi connectivity index (χ1) is 8.02. The first-order valence-corrected chi connectivity index (χ1v) is 7.50. The summed E-state index contributed by atoms with van der Waals surface area (Å²) in [5.74, 6) is 0. The summed E-state index contributed by atoms with van der Waals surface area (Å²) in [5, 5.41) is 1.09. The molecule has 0 saturated carbocycles. The Labute approximate surface area is 113 Å². The summed E-state index contributed by atoms with van der Waals surface area (Å²) in [7, 11) is 0. The monoisotopic (exact) mass is 295 g/mol. The number of alkyl halides is 1. The quantitative estimate of drug-likeness (QED) is 0.760. The summed E-state index contributed by atoms with van der Waals surface area (Å²) >= 11 is 3.63. The molecule has 1 aromatic rings. The van der Waals surface area contributed by atoms with Gasteiger partial charge in [0.05, 0.1) is 0 Å². The molecule has 2 atom stereocenters. The molecule has 0 spiro atoms. The van der Waals surface area contributed by atoms with Gasteiger partial charge in [0.15, 0.2) is 0 Å². The second-order valence-electron chi connectivity index (χ2n) is 6.08. The van der Waals surface area contributed by atoms with E-state index in [-0.39, 0.29) is 0 Å². The molecule has 1 saturated heterocycles. The standard InChI is InChI=1S/C15H22BrN/c1-15(2,3)14-9-13(10-16)17(14)11-12-7-5-4-6-8-12/h4-8,13-14H,9-11H2,1-3H3/t13-,14+/m0/s1. The van der Waals surface area contributed by atoms with E-state index in [2.05, 4.69) is 71.9 Å². The van der Waals surface area contributed by atoms with E-state index in [0.717, 1.165) is 11.9 Å². The molecule has 1 nitrogen and oxygen atoms in total. The first kappa shape index (κ1) is 13.1. The minimum absolute atomic E-state index is 0.382. The van der Waals surface area contributed by atoms with Gasteiger partial charge in [0.2, 0.25) is 0 Å². The Morgan fingerprint density at radius 1 is 1.24 bits per heavy atom. The molecule has 1 fully saturated rings. The molecule has 1 heterocycles. The van der Waals surface area contributed by atoms with Gasteiger partial charge in [-0.3, -0.25) is 4.90 Å². The molecule has 1 aromatic carbocycles. The van der Waals surface area contributed by atoms with E-state index in [1.807, 2.05) is 0 Å². The van der Waals surface area contributed by atoms with Crippen LogP contribution in [-0.2, 0) is 6.54 Å². The highest BCUT2D eigenvalue weighted by Crippen LogP contribution is 2.39. The summed E-state index contributed by atoms with van der Waals surface area (Å²) in [5.41, 5.74) is 1.81. The molecule has 94 valence electrons. The number of hydrogen-bond acceptors (Lipinski definition) is 1. The molecule has 0 aromatic heterocycles. The van der Waals surface area contributed by atoms with Crippen LogP contribution in [0.25, 0.3) is 0 Å². The van der Waals surface area contributed by atoms with Crippen molar-refractivity contribution in [3.05, 3.63) is 35.9 Å². The number of hydrogen-bond donors (Lipinski definition) is 0. The van der Waals surface area contributed by atoms with Gasteiger partial charge in [-0.05, 0) is 17.4 Å². The van der Waals surface area contributed by atoms with Gasteiger partial charge < -0.3 is 0 Å². The van der Waals surface area contributed by atoms with E-state index >= 15 is 0 Å². The predicted octanol–water partition coefficient (Wildman–Crippen LogP) is 4.07. The average molecular weight is 296 g/mol. The Kier molecular flexibility index (Phi) is 3.94. The molecule has 1 aliphatic heterocycles. The highest BCUT2D eigenvalue weighted by Gasteiger charge is 2.43. The molecule has 1 aliphatic rings. The fourth-order valence-corrected chi connectivity index (χ4v) is 3.32. The normalized spacial score (nSPS) is 25.6. The first-order valence-electron chi connectivity index (χ1n) is 6.38. The van der Waals surface area contributed by atoms with Crippen LogP contribution in [-0.4, -0.2) is 22.3 Å². The van der Waals surface area contributed by atoms with Crippen LogP contribution >= 0.6 is 15.9 Å². The van der Waals surface area contributed by atoms with Gasteiger partial charge in [-0.25, -0.2) is 0 Å². The summed E-state index contributed by atoms with van der Waals surface area (Å²) in [6, 6.07) is 12.2. The van der Waals surface area contributed by atoms with Gasteiger partial charge in [-0.15, -0.1) is 0 Å². The van der Waals surface area contributed by atoms with Crippen LogP contribution in [0.4, 0.5) is 0 Å². The second kappa shape index (κ2) is 5.11. The smallest absolute Gasteiger partial charge is 0.0240 e. The molecule has 2 rings (SSSR count). The topological polar surface area (TPSA) is 3.24 Å². The van der Waals surface area contributed by atoms with E-state index < -0.39 is 0 Å².